The van der Waals surface area contributed by atoms with E-state index in [0.29, 0.717) is 24.5 Å². The van der Waals surface area contributed by atoms with Crippen LogP contribution in [0, 0.1) is 0 Å². The summed E-state index contributed by atoms with van der Waals surface area (Å²) in [6.07, 6.45) is 0.697. The van der Waals surface area contributed by atoms with Gasteiger partial charge in [0.05, 0.1) is 24.4 Å². The molecule has 0 aliphatic heterocycles. The number of ether oxygens (including phenoxy) is 2. The van der Waals surface area contributed by atoms with Crippen molar-refractivity contribution < 1.29 is 14.6 Å². The molecule has 1 atom stereocenters. The highest BCUT2D eigenvalue weighted by Gasteiger charge is 2.10. The van der Waals surface area contributed by atoms with Crippen LogP contribution in [0.25, 0.3) is 0 Å². The lowest BCUT2D eigenvalue weighted by molar-refractivity contribution is 0.170. The highest BCUT2D eigenvalue weighted by molar-refractivity contribution is 5.61. The zero-order valence-electron chi connectivity index (χ0n) is 11.8. The zero-order valence-corrected chi connectivity index (χ0v) is 11.8. The van der Waals surface area contributed by atoms with E-state index >= 15 is 0 Å². The summed E-state index contributed by atoms with van der Waals surface area (Å²) in [6.45, 7) is 4.56. The molecule has 0 aliphatic rings. The Bertz CT molecular complexity index is 377. The van der Waals surface area contributed by atoms with Gasteiger partial charge in [0.15, 0.2) is 0 Å². The smallest absolute Gasteiger partial charge is 0.144 e. The van der Waals surface area contributed by atoms with E-state index in [1.54, 1.807) is 7.11 Å². The minimum absolute atomic E-state index is 0.0607. The molecule has 0 radical (unpaired) electrons. The average molecular weight is 268 g/mol. The van der Waals surface area contributed by atoms with Gasteiger partial charge >= 0.3 is 0 Å². The molecule has 0 amide bonds. The van der Waals surface area contributed by atoms with Crippen molar-refractivity contribution in [2.45, 2.75) is 32.4 Å². The summed E-state index contributed by atoms with van der Waals surface area (Å²) in [5, 5.41) is 12.3. The molecular formula is C14H24N2O3. The van der Waals surface area contributed by atoms with Crippen molar-refractivity contribution in [1.82, 2.24) is 0 Å². The maximum Gasteiger partial charge on any atom is 0.144 e. The Morgan fingerprint density at radius 2 is 2.11 bits per heavy atom. The third-order valence-electron chi connectivity index (χ3n) is 2.59. The van der Waals surface area contributed by atoms with E-state index < -0.39 is 0 Å². The Morgan fingerprint density at radius 3 is 2.68 bits per heavy atom. The molecule has 5 heteroatoms. The highest BCUT2D eigenvalue weighted by atomic mass is 16.5. The van der Waals surface area contributed by atoms with Crippen LogP contribution < -0.4 is 15.8 Å². The number of methoxy groups -OCH3 is 1. The number of hydrogen-bond acceptors (Lipinski definition) is 5. The van der Waals surface area contributed by atoms with E-state index in [4.69, 9.17) is 20.3 Å². The quantitative estimate of drug-likeness (QED) is 0.627. The fourth-order valence-corrected chi connectivity index (χ4v) is 1.77. The Morgan fingerprint density at radius 1 is 1.37 bits per heavy atom. The van der Waals surface area contributed by atoms with E-state index in [1.165, 1.54) is 0 Å². The van der Waals surface area contributed by atoms with Gasteiger partial charge in [0.2, 0.25) is 0 Å². The van der Waals surface area contributed by atoms with Crippen LogP contribution in [0.1, 0.15) is 20.3 Å². The first kappa shape index (κ1) is 15.6. The van der Waals surface area contributed by atoms with Gasteiger partial charge in [0, 0.05) is 25.5 Å². The van der Waals surface area contributed by atoms with E-state index in [1.807, 2.05) is 32.0 Å². The number of benzene rings is 1. The molecular weight excluding hydrogens is 244 g/mol. The molecule has 5 nitrogen and oxygen atoms in total. The topological polar surface area (TPSA) is 76.7 Å². The van der Waals surface area contributed by atoms with Crippen LogP contribution in [0.15, 0.2) is 18.2 Å². The molecule has 1 rings (SSSR count). The number of hydrogen-bond donors (Lipinski definition) is 3. The zero-order chi connectivity index (χ0) is 14.3. The number of nitrogens with one attached hydrogen (secondary N) is 1. The second-order valence-electron chi connectivity index (χ2n) is 4.73. The van der Waals surface area contributed by atoms with Crippen molar-refractivity contribution in [2.75, 3.05) is 31.4 Å². The highest BCUT2D eigenvalue weighted by Crippen LogP contribution is 2.27. The van der Waals surface area contributed by atoms with Crippen molar-refractivity contribution in [2.24, 2.45) is 0 Å². The molecule has 4 N–H and O–H groups in total. The second-order valence-corrected chi connectivity index (χ2v) is 4.73. The number of nitrogen functional groups attached to an aromatic ring is 1. The van der Waals surface area contributed by atoms with E-state index in [0.717, 1.165) is 5.69 Å². The maximum absolute atomic E-state index is 9.02. The number of aliphatic hydroxyl groups excluding tert-OH is 1. The lowest BCUT2D eigenvalue weighted by Gasteiger charge is -2.20. The molecule has 1 aromatic carbocycles. The van der Waals surface area contributed by atoms with E-state index in [9.17, 15) is 0 Å². The van der Waals surface area contributed by atoms with Gasteiger partial charge in [-0.25, -0.2) is 0 Å². The van der Waals surface area contributed by atoms with Gasteiger partial charge in [-0.2, -0.15) is 0 Å². The third kappa shape index (κ3) is 5.36. The Kier molecular flexibility index (Phi) is 6.45. The fourth-order valence-electron chi connectivity index (χ4n) is 1.77. The summed E-state index contributed by atoms with van der Waals surface area (Å²) in [5.41, 5.74) is 7.39. The largest absolute Gasteiger partial charge is 0.489 e. The van der Waals surface area contributed by atoms with Crippen molar-refractivity contribution in [1.29, 1.82) is 0 Å². The van der Waals surface area contributed by atoms with Crippen molar-refractivity contribution in [3.63, 3.8) is 0 Å². The predicted octanol–water partition coefficient (Wildman–Crippen LogP) is 1.87. The number of anilines is 2. The standard InChI is InChI=1S/C14H24N2O3/c1-10(2)19-14-8-11(4-5-13(14)15)16-12(6-7-17)9-18-3/h4-5,8,10,12,16-17H,6-7,9,15H2,1-3H3. The van der Waals surface area contributed by atoms with Crippen LogP contribution in [0.4, 0.5) is 11.4 Å². The van der Waals surface area contributed by atoms with Crippen LogP contribution in [0.3, 0.4) is 0 Å². The molecule has 0 bridgehead atoms. The van der Waals surface area contributed by atoms with Crippen LogP contribution in [-0.4, -0.2) is 37.6 Å². The number of rotatable bonds is 8. The molecule has 1 unspecified atom stereocenters. The average Bonchev–Trinajstić information content (AvgIpc) is 2.33. The molecule has 1 aromatic rings. The molecule has 19 heavy (non-hydrogen) atoms. The summed E-state index contributed by atoms with van der Waals surface area (Å²) in [5.74, 6) is 0.667. The Hall–Kier alpha value is -1.46. The Balaban J connectivity index is 2.76. The van der Waals surface area contributed by atoms with Gasteiger partial charge < -0.3 is 25.6 Å². The van der Waals surface area contributed by atoms with Crippen LogP contribution >= 0.6 is 0 Å². The number of nitrogens with two attached hydrogens (primary N) is 1. The minimum atomic E-state index is 0.0607. The third-order valence-corrected chi connectivity index (χ3v) is 2.59. The van der Waals surface area contributed by atoms with Crippen molar-refractivity contribution >= 4 is 11.4 Å². The maximum atomic E-state index is 9.02. The van der Waals surface area contributed by atoms with Gasteiger partial charge in [-0.1, -0.05) is 0 Å². The van der Waals surface area contributed by atoms with E-state index in [-0.39, 0.29) is 18.8 Å². The molecule has 108 valence electrons. The molecule has 0 aromatic heterocycles. The molecule has 0 fully saturated rings. The van der Waals surface area contributed by atoms with Crippen LogP contribution in [0.5, 0.6) is 5.75 Å². The van der Waals surface area contributed by atoms with Gasteiger partial charge in [0.1, 0.15) is 5.75 Å². The van der Waals surface area contributed by atoms with Gasteiger partial charge in [-0.05, 0) is 32.4 Å². The predicted molar refractivity (Wildman–Crippen MR) is 77.6 cm³/mol. The molecule has 0 aliphatic carbocycles. The molecule has 0 heterocycles. The molecule has 0 saturated heterocycles. The second kappa shape index (κ2) is 7.86. The summed E-state index contributed by atoms with van der Waals surface area (Å²) < 4.78 is 10.8. The Labute approximate surface area is 114 Å². The SMILES string of the molecule is COCC(CCO)Nc1ccc(N)c(OC(C)C)c1. The lowest BCUT2D eigenvalue weighted by Crippen LogP contribution is -2.26. The minimum Gasteiger partial charge on any atom is -0.489 e. The number of aliphatic hydroxyl groups is 1. The van der Waals surface area contributed by atoms with Gasteiger partial charge in [-0.3, -0.25) is 0 Å². The lowest BCUT2D eigenvalue weighted by atomic mass is 10.2. The summed E-state index contributed by atoms with van der Waals surface area (Å²) >= 11 is 0. The normalized spacial score (nSPS) is 12.5. The van der Waals surface area contributed by atoms with E-state index in [2.05, 4.69) is 5.32 Å². The fraction of sp³-hybridized carbons (Fsp3) is 0.571. The van der Waals surface area contributed by atoms with Gasteiger partial charge in [0.25, 0.3) is 0 Å². The first-order chi connectivity index (χ1) is 9.06. The molecule has 0 spiro atoms. The van der Waals surface area contributed by atoms with Crippen molar-refractivity contribution in [3.8, 4) is 5.75 Å². The van der Waals surface area contributed by atoms with Crippen molar-refractivity contribution in [3.05, 3.63) is 18.2 Å². The summed E-state index contributed by atoms with van der Waals surface area (Å²) in [6, 6.07) is 5.63. The molecule has 0 saturated carbocycles. The summed E-state index contributed by atoms with van der Waals surface area (Å²) in [4.78, 5) is 0. The van der Waals surface area contributed by atoms with Crippen LogP contribution in [-0.2, 0) is 4.74 Å². The first-order valence-corrected chi connectivity index (χ1v) is 6.49. The monoisotopic (exact) mass is 268 g/mol. The summed E-state index contributed by atoms with van der Waals surface area (Å²) in [7, 11) is 1.64. The van der Waals surface area contributed by atoms with Crippen LogP contribution in [0.2, 0.25) is 0 Å². The first-order valence-electron chi connectivity index (χ1n) is 6.49. The van der Waals surface area contributed by atoms with Gasteiger partial charge in [-0.15, -0.1) is 0 Å².